The molecule has 1 N–H and O–H groups in total. The van der Waals surface area contributed by atoms with Crippen molar-refractivity contribution >= 4 is 29.2 Å². The van der Waals surface area contributed by atoms with Gasteiger partial charge in [-0.15, -0.1) is 0 Å². The van der Waals surface area contributed by atoms with E-state index in [0.29, 0.717) is 16.5 Å². The van der Waals surface area contributed by atoms with Gasteiger partial charge in [0.25, 0.3) is 0 Å². The summed E-state index contributed by atoms with van der Waals surface area (Å²) in [6.07, 6.45) is 8.63. The molecule has 1 heterocycles. The Morgan fingerprint density at radius 1 is 1.23 bits per heavy atom. The molecular weight excluding hydrogens is 314 g/mol. The first-order valence-corrected chi connectivity index (χ1v) is 9.79. The maximum Gasteiger partial charge on any atom is 0.148 e. The van der Waals surface area contributed by atoms with Gasteiger partial charge in [0.05, 0.1) is 5.69 Å². The van der Waals surface area contributed by atoms with Crippen LogP contribution in [0.1, 0.15) is 64.3 Å². The fourth-order valence-corrected chi connectivity index (χ4v) is 3.96. The first-order chi connectivity index (χ1) is 10.3. The molecule has 1 atom stereocenters. The van der Waals surface area contributed by atoms with E-state index in [2.05, 4.69) is 49.2 Å². The molecule has 22 heavy (non-hydrogen) atoms. The maximum absolute atomic E-state index is 6.50. The van der Waals surface area contributed by atoms with Gasteiger partial charge in [0.1, 0.15) is 17.2 Å². The SMILES string of the molecule is CSC(C)c1ncnc(N[C@H]2CC[C@@H](C(C)(C)C)CC2)c1Cl. The highest BCUT2D eigenvalue weighted by Gasteiger charge is 2.30. The molecule has 1 aromatic heterocycles. The number of nitrogens with zero attached hydrogens (tertiary/aromatic N) is 2. The van der Waals surface area contributed by atoms with Crippen LogP contribution in [0.25, 0.3) is 0 Å². The van der Waals surface area contributed by atoms with Gasteiger partial charge < -0.3 is 5.32 Å². The summed E-state index contributed by atoms with van der Waals surface area (Å²) in [5.74, 6) is 1.62. The van der Waals surface area contributed by atoms with Gasteiger partial charge in [-0.3, -0.25) is 0 Å². The predicted molar refractivity (Wildman–Crippen MR) is 97.8 cm³/mol. The van der Waals surface area contributed by atoms with Crippen molar-refractivity contribution in [3.63, 3.8) is 0 Å². The van der Waals surface area contributed by atoms with Gasteiger partial charge in [-0.25, -0.2) is 9.97 Å². The molecule has 1 saturated carbocycles. The summed E-state index contributed by atoms with van der Waals surface area (Å²) in [4.78, 5) is 8.70. The normalized spacial score (nSPS) is 24.1. The zero-order valence-electron chi connectivity index (χ0n) is 14.3. The third-order valence-electron chi connectivity index (χ3n) is 4.85. The summed E-state index contributed by atoms with van der Waals surface area (Å²) in [7, 11) is 0. The Morgan fingerprint density at radius 2 is 1.86 bits per heavy atom. The van der Waals surface area contributed by atoms with E-state index in [1.54, 1.807) is 18.1 Å². The molecule has 1 aliphatic rings. The van der Waals surface area contributed by atoms with Crippen molar-refractivity contribution in [2.24, 2.45) is 11.3 Å². The minimum atomic E-state index is 0.285. The van der Waals surface area contributed by atoms with E-state index in [9.17, 15) is 0 Å². The van der Waals surface area contributed by atoms with Crippen molar-refractivity contribution in [3.8, 4) is 0 Å². The number of aromatic nitrogens is 2. The predicted octanol–water partition coefficient (Wildman–Crippen LogP) is 5.57. The second kappa shape index (κ2) is 7.39. The van der Waals surface area contributed by atoms with Crippen LogP contribution in [0.15, 0.2) is 6.33 Å². The number of halogens is 1. The molecular formula is C17H28ClN3S. The molecule has 0 spiro atoms. The molecule has 1 fully saturated rings. The van der Waals surface area contributed by atoms with Gasteiger partial charge in [0.2, 0.25) is 0 Å². The average Bonchev–Trinajstić information content (AvgIpc) is 2.48. The summed E-state index contributed by atoms with van der Waals surface area (Å²) in [5, 5.41) is 4.52. The lowest BCUT2D eigenvalue weighted by atomic mass is 9.71. The molecule has 0 aromatic carbocycles. The van der Waals surface area contributed by atoms with Crippen molar-refractivity contribution in [2.75, 3.05) is 11.6 Å². The minimum absolute atomic E-state index is 0.285. The molecule has 124 valence electrons. The van der Waals surface area contributed by atoms with Crippen LogP contribution >= 0.6 is 23.4 Å². The molecule has 3 nitrogen and oxygen atoms in total. The van der Waals surface area contributed by atoms with E-state index in [4.69, 9.17) is 11.6 Å². The Balaban J connectivity index is 2.01. The Hall–Kier alpha value is -0.480. The zero-order chi connectivity index (χ0) is 16.3. The smallest absolute Gasteiger partial charge is 0.148 e. The van der Waals surface area contributed by atoms with E-state index in [1.807, 2.05) is 0 Å². The highest BCUT2D eigenvalue weighted by Crippen LogP contribution is 2.39. The standard InChI is InChI=1S/C17H28ClN3S/c1-11(22-5)15-14(18)16(20-10-19-15)21-13-8-6-12(7-9-13)17(2,3)4/h10-13H,6-9H2,1-5H3,(H,19,20,21)/t11?,12-,13+. The zero-order valence-corrected chi connectivity index (χ0v) is 15.9. The first-order valence-electron chi connectivity index (χ1n) is 8.12. The Morgan fingerprint density at radius 3 is 2.41 bits per heavy atom. The van der Waals surface area contributed by atoms with Crippen LogP contribution in [0, 0.1) is 11.3 Å². The second-order valence-electron chi connectivity index (χ2n) is 7.36. The lowest BCUT2D eigenvalue weighted by Gasteiger charge is -2.37. The molecule has 0 radical (unpaired) electrons. The van der Waals surface area contributed by atoms with Gasteiger partial charge in [-0.05, 0) is 50.2 Å². The van der Waals surface area contributed by atoms with Gasteiger partial charge in [0.15, 0.2) is 0 Å². The molecule has 5 heteroatoms. The van der Waals surface area contributed by atoms with Crippen LogP contribution in [0.2, 0.25) is 5.02 Å². The van der Waals surface area contributed by atoms with Crippen LogP contribution in [-0.4, -0.2) is 22.3 Å². The fourth-order valence-electron chi connectivity index (χ4n) is 3.18. The van der Waals surface area contributed by atoms with Crippen LogP contribution < -0.4 is 5.32 Å². The molecule has 2 rings (SSSR count). The Kier molecular flexibility index (Phi) is 6.00. The van der Waals surface area contributed by atoms with Gasteiger partial charge in [-0.1, -0.05) is 32.4 Å². The Labute approximate surface area is 144 Å². The Bertz CT molecular complexity index is 493. The summed E-state index contributed by atoms with van der Waals surface area (Å²) in [6, 6.07) is 0.475. The third kappa shape index (κ3) is 4.29. The fraction of sp³-hybridized carbons (Fsp3) is 0.765. The number of nitrogens with one attached hydrogen (secondary N) is 1. The number of hydrogen-bond donors (Lipinski definition) is 1. The van der Waals surface area contributed by atoms with E-state index >= 15 is 0 Å². The van der Waals surface area contributed by atoms with E-state index in [1.165, 1.54) is 25.7 Å². The third-order valence-corrected chi connectivity index (χ3v) is 6.15. The molecule has 0 aliphatic heterocycles. The quantitative estimate of drug-likeness (QED) is 0.776. The molecule has 1 aliphatic carbocycles. The van der Waals surface area contributed by atoms with E-state index in [-0.39, 0.29) is 5.25 Å². The highest BCUT2D eigenvalue weighted by molar-refractivity contribution is 7.98. The monoisotopic (exact) mass is 341 g/mol. The number of anilines is 1. The summed E-state index contributed by atoms with van der Waals surface area (Å²) in [6.45, 7) is 9.17. The summed E-state index contributed by atoms with van der Waals surface area (Å²) >= 11 is 8.25. The minimum Gasteiger partial charge on any atom is -0.366 e. The maximum atomic E-state index is 6.50. The lowest BCUT2D eigenvalue weighted by Crippen LogP contribution is -2.32. The molecule has 0 bridgehead atoms. The number of thioether (sulfide) groups is 1. The van der Waals surface area contributed by atoms with E-state index < -0.39 is 0 Å². The summed E-state index contributed by atoms with van der Waals surface area (Å²) < 4.78 is 0. The largest absolute Gasteiger partial charge is 0.366 e. The first kappa shape index (κ1) is 17.9. The van der Waals surface area contributed by atoms with Crippen molar-refractivity contribution in [1.82, 2.24) is 9.97 Å². The molecule has 1 unspecified atom stereocenters. The van der Waals surface area contributed by atoms with Gasteiger partial charge in [-0.2, -0.15) is 11.8 Å². The van der Waals surface area contributed by atoms with Crippen LogP contribution in [0.3, 0.4) is 0 Å². The average molecular weight is 342 g/mol. The van der Waals surface area contributed by atoms with Crippen LogP contribution in [0.4, 0.5) is 5.82 Å². The number of hydrogen-bond acceptors (Lipinski definition) is 4. The second-order valence-corrected chi connectivity index (χ2v) is 8.91. The summed E-state index contributed by atoms with van der Waals surface area (Å²) in [5.41, 5.74) is 1.34. The van der Waals surface area contributed by atoms with Crippen molar-refractivity contribution < 1.29 is 0 Å². The van der Waals surface area contributed by atoms with Crippen molar-refractivity contribution in [1.29, 1.82) is 0 Å². The molecule has 0 amide bonds. The topological polar surface area (TPSA) is 37.8 Å². The highest BCUT2D eigenvalue weighted by atomic mass is 35.5. The van der Waals surface area contributed by atoms with Crippen molar-refractivity contribution in [3.05, 3.63) is 17.0 Å². The van der Waals surface area contributed by atoms with Crippen LogP contribution in [0.5, 0.6) is 0 Å². The molecule has 1 aromatic rings. The lowest BCUT2D eigenvalue weighted by molar-refractivity contribution is 0.173. The van der Waals surface area contributed by atoms with Gasteiger partial charge >= 0.3 is 0 Å². The van der Waals surface area contributed by atoms with Crippen molar-refractivity contribution in [2.45, 2.75) is 64.7 Å². The van der Waals surface area contributed by atoms with Gasteiger partial charge in [0, 0.05) is 11.3 Å². The van der Waals surface area contributed by atoms with Crippen LogP contribution in [-0.2, 0) is 0 Å². The van der Waals surface area contributed by atoms with E-state index in [0.717, 1.165) is 17.4 Å². The number of rotatable bonds is 4. The molecule has 0 saturated heterocycles.